The minimum Gasteiger partial charge on any atom is -0.493 e. The molecule has 0 fully saturated rings. The van der Waals surface area contributed by atoms with E-state index in [0.717, 1.165) is 20.1 Å². The van der Waals surface area contributed by atoms with E-state index in [9.17, 15) is 4.79 Å². The summed E-state index contributed by atoms with van der Waals surface area (Å²) in [7, 11) is 0. The summed E-state index contributed by atoms with van der Waals surface area (Å²) in [5.41, 5.74) is 4.81. The Morgan fingerprint density at radius 2 is 1.87 bits per heavy atom. The van der Waals surface area contributed by atoms with E-state index in [1.807, 2.05) is 55.5 Å². The number of nitrogens with one attached hydrogen (secondary N) is 1. The van der Waals surface area contributed by atoms with Crippen molar-refractivity contribution < 1.29 is 14.3 Å². The van der Waals surface area contributed by atoms with Crippen LogP contribution in [0.25, 0.3) is 0 Å². The van der Waals surface area contributed by atoms with Crippen molar-refractivity contribution in [1.29, 1.82) is 0 Å². The third-order valence-electron chi connectivity index (χ3n) is 4.06. The van der Waals surface area contributed by atoms with Crippen molar-refractivity contribution in [3.63, 3.8) is 0 Å². The Balaban J connectivity index is 1.65. The summed E-state index contributed by atoms with van der Waals surface area (Å²) in [4.78, 5) is 12.4. The third kappa shape index (κ3) is 6.18. The van der Waals surface area contributed by atoms with Crippen LogP contribution >= 0.6 is 31.9 Å². The van der Waals surface area contributed by atoms with Gasteiger partial charge >= 0.3 is 0 Å². The van der Waals surface area contributed by atoms with E-state index in [2.05, 4.69) is 42.4 Å². The summed E-state index contributed by atoms with van der Waals surface area (Å²) in [6, 6.07) is 20.6. The Hall–Kier alpha value is -2.64. The number of hydrogen-bond acceptors (Lipinski definition) is 4. The minimum absolute atomic E-state index is 0.339. The number of hydrogen-bond donors (Lipinski definition) is 1. The second-order valence-electron chi connectivity index (χ2n) is 6.23. The molecule has 0 bridgehead atoms. The van der Waals surface area contributed by atoms with Crippen LogP contribution in [-0.4, -0.2) is 18.7 Å². The maximum absolute atomic E-state index is 12.4. The first-order valence-electron chi connectivity index (χ1n) is 9.29. The average Bonchev–Trinajstić information content (AvgIpc) is 2.74. The van der Waals surface area contributed by atoms with Gasteiger partial charge in [0.25, 0.3) is 5.91 Å². The van der Waals surface area contributed by atoms with Gasteiger partial charge in [0.15, 0.2) is 0 Å². The van der Waals surface area contributed by atoms with E-state index < -0.39 is 0 Å². The zero-order chi connectivity index (χ0) is 21.3. The highest BCUT2D eigenvalue weighted by Gasteiger charge is 2.11. The molecule has 0 radical (unpaired) electrons. The van der Waals surface area contributed by atoms with E-state index in [1.165, 1.54) is 0 Å². The number of halogens is 2. The fraction of sp³-hybridized carbons (Fsp3) is 0.130. The number of para-hydroxylation sites is 1. The normalized spacial score (nSPS) is 10.8. The molecule has 5 nitrogen and oxygen atoms in total. The minimum atomic E-state index is -0.339. The number of amides is 1. The molecular formula is C23H20Br2N2O3. The third-order valence-corrected chi connectivity index (χ3v) is 5.28. The molecule has 0 saturated carbocycles. The van der Waals surface area contributed by atoms with Crippen LogP contribution in [-0.2, 0) is 6.61 Å². The lowest BCUT2D eigenvalue weighted by molar-refractivity contribution is 0.0951. The number of benzene rings is 3. The Labute approximate surface area is 192 Å². The van der Waals surface area contributed by atoms with Crippen LogP contribution in [0, 0.1) is 0 Å². The summed E-state index contributed by atoms with van der Waals surface area (Å²) >= 11 is 6.95. The van der Waals surface area contributed by atoms with Crippen molar-refractivity contribution in [3.05, 3.63) is 92.4 Å². The van der Waals surface area contributed by atoms with Crippen molar-refractivity contribution >= 4 is 44.0 Å². The van der Waals surface area contributed by atoms with Gasteiger partial charge in [0.05, 0.1) is 18.4 Å². The van der Waals surface area contributed by atoms with E-state index in [4.69, 9.17) is 9.47 Å². The molecule has 0 spiro atoms. The maximum atomic E-state index is 12.4. The molecule has 0 saturated heterocycles. The Morgan fingerprint density at radius 3 is 2.67 bits per heavy atom. The van der Waals surface area contributed by atoms with Crippen molar-refractivity contribution in [1.82, 2.24) is 5.43 Å². The smallest absolute Gasteiger partial charge is 0.275 e. The fourth-order valence-electron chi connectivity index (χ4n) is 2.66. The van der Waals surface area contributed by atoms with Crippen molar-refractivity contribution in [2.24, 2.45) is 5.10 Å². The first kappa shape index (κ1) is 22.1. The first-order valence-corrected chi connectivity index (χ1v) is 10.9. The van der Waals surface area contributed by atoms with Gasteiger partial charge in [0, 0.05) is 14.5 Å². The zero-order valence-corrected chi connectivity index (χ0v) is 19.4. The molecular weight excluding hydrogens is 512 g/mol. The molecule has 30 heavy (non-hydrogen) atoms. The van der Waals surface area contributed by atoms with Crippen LogP contribution in [0.3, 0.4) is 0 Å². The monoisotopic (exact) mass is 530 g/mol. The van der Waals surface area contributed by atoms with Crippen molar-refractivity contribution in [2.45, 2.75) is 13.5 Å². The van der Waals surface area contributed by atoms with E-state index in [1.54, 1.807) is 24.4 Å². The lowest BCUT2D eigenvalue weighted by Gasteiger charge is -2.09. The number of carbonyl (C=O) groups is 1. The van der Waals surface area contributed by atoms with Gasteiger partial charge in [-0.1, -0.05) is 56.1 Å². The molecule has 0 aliphatic rings. The van der Waals surface area contributed by atoms with Crippen LogP contribution in [0.2, 0.25) is 0 Å². The van der Waals surface area contributed by atoms with Gasteiger partial charge in [-0.2, -0.15) is 5.10 Å². The molecule has 1 N–H and O–H groups in total. The molecule has 154 valence electrons. The van der Waals surface area contributed by atoms with Gasteiger partial charge in [-0.15, -0.1) is 0 Å². The highest BCUT2D eigenvalue weighted by atomic mass is 79.9. The van der Waals surface area contributed by atoms with Crippen LogP contribution in [0.15, 0.2) is 80.8 Å². The number of ether oxygens (including phenoxy) is 2. The van der Waals surface area contributed by atoms with Crippen molar-refractivity contribution in [3.8, 4) is 11.5 Å². The van der Waals surface area contributed by atoms with Gasteiger partial charge in [-0.25, -0.2) is 5.43 Å². The summed E-state index contributed by atoms with van der Waals surface area (Å²) in [5.74, 6) is 0.887. The average molecular weight is 532 g/mol. The molecule has 1 amide bonds. The summed E-state index contributed by atoms with van der Waals surface area (Å²) in [6.07, 6.45) is 1.57. The molecule has 7 heteroatoms. The maximum Gasteiger partial charge on any atom is 0.275 e. The van der Waals surface area contributed by atoms with Crippen LogP contribution in [0.5, 0.6) is 11.5 Å². The van der Waals surface area contributed by atoms with Gasteiger partial charge in [-0.05, 0) is 55.0 Å². The van der Waals surface area contributed by atoms with Crippen LogP contribution < -0.4 is 14.9 Å². The molecule has 0 unspecified atom stereocenters. The molecule has 3 aromatic rings. The standard InChI is InChI=1S/C23H20Br2N2O3/c1-2-29-22-9-4-3-8-20(22)23(28)27-26-14-17-13-19(10-11-21(17)25)30-15-16-6-5-7-18(24)12-16/h3-14H,2,15H2,1H3,(H,27,28)/b26-14+. The number of hydrazone groups is 1. The SMILES string of the molecule is CCOc1ccccc1C(=O)N/N=C/c1cc(OCc2cccc(Br)c2)ccc1Br. The van der Waals surface area contributed by atoms with E-state index >= 15 is 0 Å². The Kier molecular flexibility index (Phi) is 8.04. The second kappa shape index (κ2) is 10.9. The quantitative estimate of drug-likeness (QED) is 0.288. The lowest BCUT2D eigenvalue weighted by Crippen LogP contribution is -2.18. The molecule has 3 aromatic carbocycles. The predicted molar refractivity (Wildman–Crippen MR) is 125 cm³/mol. The zero-order valence-electron chi connectivity index (χ0n) is 16.3. The number of carbonyl (C=O) groups excluding carboxylic acids is 1. The van der Waals surface area contributed by atoms with Crippen LogP contribution in [0.1, 0.15) is 28.4 Å². The Bertz CT molecular complexity index is 1050. The van der Waals surface area contributed by atoms with Gasteiger partial charge < -0.3 is 9.47 Å². The second-order valence-corrected chi connectivity index (χ2v) is 8.00. The molecule has 0 heterocycles. The topological polar surface area (TPSA) is 59.9 Å². The molecule has 3 rings (SSSR count). The van der Waals surface area contributed by atoms with Crippen LogP contribution in [0.4, 0.5) is 0 Å². The fourth-order valence-corrected chi connectivity index (χ4v) is 3.46. The molecule has 0 atom stereocenters. The summed E-state index contributed by atoms with van der Waals surface area (Å²) in [6.45, 7) is 2.80. The van der Waals surface area contributed by atoms with Gasteiger partial charge in [0.2, 0.25) is 0 Å². The van der Waals surface area contributed by atoms with Gasteiger partial charge in [-0.3, -0.25) is 4.79 Å². The summed E-state index contributed by atoms with van der Waals surface area (Å²) in [5, 5.41) is 4.08. The molecule has 0 aliphatic carbocycles. The molecule has 0 aliphatic heterocycles. The predicted octanol–water partition coefficient (Wildman–Crippen LogP) is 5.95. The highest BCUT2D eigenvalue weighted by molar-refractivity contribution is 9.10. The van der Waals surface area contributed by atoms with Gasteiger partial charge in [0.1, 0.15) is 18.1 Å². The van der Waals surface area contributed by atoms with Crippen molar-refractivity contribution in [2.75, 3.05) is 6.61 Å². The van der Waals surface area contributed by atoms with E-state index in [-0.39, 0.29) is 5.91 Å². The Morgan fingerprint density at radius 1 is 1.03 bits per heavy atom. The highest BCUT2D eigenvalue weighted by Crippen LogP contribution is 2.23. The lowest BCUT2D eigenvalue weighted by atomic mass is 10.2. The first-order chi connectivity index (χ1) is 14.6. The number of rotatable bonds is 8. The summed E-state index contributed by atoms with van der Waals surface area (Å²) < 4.78 is 13.2. The largest absolute Gasteiger partial charge is 0.493 e. The number of nitrogens with zero attached hydrogens (tertiary/aromatic N) is 1. The van der Waals surface area contributed by atoms with E-state index in [0.29, 0.717) is 30.3 Å². The molecule has 0 aromatic heterocycles.